The average Bonchev–Trinajstić information content (AvgIpc) is 3.23. The molecule has 0 aliphatic carbocycles. The van der Waals surface area contributed by atoms with E-state index < -0.39 is 22.6 Å². The molecule has 1 aliphatic heterocycles. The van der Waals surface area contributed by atoms with E-state index in [2.05, 4.69) is 13.8 Å². The van der Waals surface area contributed by atoms with Crippen LogP contribution in [0.1, 0.15) is 45.4 Å². The number of sulfonamides is 1. The first-order valence-electron chi connectivity index (χ1n) is 9.26. The summed E-state index contributed by atoms with van der Waals surface area (Å²) in [6, 6.07) is 8.59. The lowest BCUT2D eigenvalue weighted by molar-refractivity contribution is 0.0476. The van der Waals surface area contributed by atoms with E-state index in [1.807, 2.05) is 12.1 Å². The van der Waals surface area contributed by atoms with Gasteiger partial charge in [0.15, 0.2) is 12.4 Å². The van der Waals surface area contributed by atoms with Crippen LogP contribution in [0.5, 0.6) is 0 Å². The van der Waals surface area contributed by atoms with Gasteiger partial charge >= 0.3 is 5.97 Å². The highest BCUT2D eigenvalue weighted by Crippen LogP contribution is 2.27. The highest BCUT2D eigenvalue weighted by atomic mass is 32.2. The van der Waals surface area contributed by atoms with Crippen LogP contribution in [0, 0.1) is 0 Å². The second-order valence-corrected chi connectivity index (χ2v) is 11.0. The minimum absolute atomic E-state index is 0.00572. The third-order valence-corrected chi connectivity index (χ3v) is 8.54. The van der Waals surface area contributed by atoms with Crippen LogP contribution in [0.15, 0.2) is 40.6 Å². The fraction of sp³-hybridized carbons (Fsp3) is 0.400. The summed E-state index contributed by atoms with van der Waals surface area (Å²) in [5.74, 6) is 0.690. The van der Waals surface area contributed by atoms with E-state index in [1.54, 1.807) is 29.3 Å². The molecule has 0 atom stereocenters. The number of carbonyl (C=O) groups excluding carboxylic acids is 2. The lowest BCUT2D eigenvalue weighted by Crippen LogP contribution is -2.38. The van der Waals surface area contributed by atoms with Gasteiger partial charge in [0.1, 0.15) is 9.77 Å². The number of hydrogen-bond donors (Lipinski definition) is 0. The van der Waals surface area contributed by atoms with Crippen molar-refractivity contribution in [2.45, 2.75) is 24.7 Å². The van der Waals surface area contributed by atoms with Crippen molar-refractivity contribution in [3.8, 4) is 0 Å². The quantitative estimate of drug-likeness (QED) is 0.470. The van der Waals surface area contributed by atoms with Gasteiger partial charge in [0.05, 0.1) is 0 Å². The number of Topliss-reactive ketones (excluding diaryl/α,β-unsaturated/α-hetero) is 1. The number of ketones is 1. The van der Waals surface area contributed by atoms with Gasteiger partial charge in [-0.1, -0.05) is 38.1 Å². The molecular weight excluding hydrogens is 430 g/mol. The molecule has 0 bridgehead atoms. The number of ether oxygens (including phenoxy) is 1. The number of rotatable bonds is 7. The van der Waals surface area contributed by atoms with Crippen molar-refractivity contribution in [3.05, 3.63) is 51.7 Å². The molecule has 3 rings (SSSR count). The van der Waals surface area contributed by atoms with Gasteiger partial charge in [-0.05, 0) is 22.9 Å². The lowest BCUT2D eigenvalue weighted by atomic mass is 10.0. The standard InChI is InChI=1S/C20H23NO5S3/c1-14(2)15-3-5-16(6-4-15)17(22)13-26-20(23)19-18(7-10-28-19)29(24,25)21-8-11-27-12-9-21/h3-7,10,14H,8-9,11-13H2,1-2H3. The maximum atomic E-state index is 12.9. The van der Waals surface area contributed by atoms with Gasteiger partial charge in [0, 0.05) is 30.2 Å². The Labute approximate surface area is 179 Å². The highest BCUT2D eigenvalue weighted by molar-refractivity contribution is 7.99. The van der Waals surface area contributed by atoms with Crippen LogP contribution in [-0.2, 0) is 14.8 Å². The average molecular weight is 454 g/mol. The predicted molar refractivity (Wildman–Crippen MR) is 116 cm³/mol. The van der Waals surface area contributed by atoms with Crippen LogP contribution < -0.4 is 0 Å². The predicted octanol–water partition coefficient (Wildman–Crippen LogP) is 3.65. The number of carbonyl (C=O) groups is 2. The fourth-order valence-electron chi connectivity index (χ4n) is 2.91. The van der Waals surface area contributed by atoms with Crippen molar-refractivity contribution >= 4 is 44.9 Å². The molecule has 6 nitrogen and oxygen atoms in total. The molecule has 156 valence electrons. The van der Waals surface area contributed by atoms with E-state index >= 15 is 0 Å². The van der Waals surface area contributed by atoms with Crippen molar-refractivity contribution < 1.29 is 22.7 Å². The molecule has 29 heavy (non-hydrogen) atoms. The van der Waals surface area contributed by atoms with Crippen molar-refractivity contribution in [2.75, 3.05) is 31.2 Å². The zero-order valence-corrected chi connectivity index (χ0v) is 18.7. The van der Waals surface area contributed by atoms with E-state index in [0.29, 0.717) is 24.6 Å². The molecule has 2 heterocycles. The number of thiophene rings is 1. The number of thioether (sulfide) groups is 1. The summed E-state index contributed by atoms with van der Waals surface area (Å²) in [5, 5.41) is 1.55. The second-order valence-electron chi connectivity index (χ2n) is 6.91. The fourth-order valence-corrected chi connectivity index (χ4v) is 6.77. The van der Waals surface area contributed by atoms with E-state index in [0.717, 1.165) is 28.4 Å². The molecule has 1 aromatic heterocycles. The van der Waals surface area contributed by atoms with Crippen LogP contribution in [0.4, 0.5) is 0 Å². The molecule has 1 aromatic carbocycles. The first kappa shape index (κ1) is 22.0. The highest BCUT2D eigenvalue weighted by Gasteiger charge is 2.31. The monoisotopic (exact) mass is 453 g/mol. The van der Waals surface area contributed by atoms with Gasteiger partial charge in [-0.2, -0.15) is 16.1 Å². The Balaban J connectivity index is 1.67. The summed E-state index contributed by atoms with van der Waals surface area (Å²) in [6.07, 6.45) is 0. The SMILES string of the molecule is CC(C)c1ccc(C(=O)COC(=O)c2sccc2S(=O)(=O)N2CCSCC2)cc1. The van der Waals surface area contributed by atoms with Crippen LogP contribution in [0.3, 0.4) is 0 Å². The summed E-state index contributed by atoms with van der Waals surface area (Å²) in [5.41, 5.74) is 1.56. The molecule has 2 aromatic rings. The zero-order chi connectivity index (χ0) is 21.0. The summed E-state index contributed by atoms with van der Waals surface area (Å²) in [6.45, 7) is 4.53. The van der Waals surface area contributed by atoms with Crippen molar-refractivity contribution in [1.82, 2.24) is 4.31 Å². The van der Waals surface area contributed by atoms with Crippen LogP contribution in [0.2, 0.25) is 0 Å². The van der Waals surface area contributed by atoms with E-state index in [1.165, 1.54) is 10.4 Å². The van der Waals surface area contributed by atoms with Gasteiger partial charge in [-0.25, -0.2) is 13.2 Å². The normalized spacial score (nSPS) is 15.4. The maximum absolute atomic E-state index is 12.9. The molecule has 9 heteroatoms. The molecule has 0 radical (unpaired) electrons. The first-order valence-corrected chi connectivity index (χ1v) is 12.7. The summed E-state index contributed by atoms with van der Waals surface area (Å²) in [4.78, 5) is 24.8. The first-order chi connectivity index (χ1) is 13.8. The number of esters is 1. The lowest BCUT2D eigenvalue weighted by Gasteiger charge is -2.25. The Morgan fingerprint density at radius 3 is 2.38 bits per heavy atom. The molecule has 0 unspecified atom stereocenters. The van der Waals surface area contributed by atoms with Gasteiger partial charge in [0.2, 0.25) is 10.0 Å². The van der Waals surface area contributed by atoms with E-state index in [4.69, 9.17) is 4.74 Å². The number of benzene rings is 1. The summed E-state index contributed by atoms with van der Waals surface area (Å²) < 4.78 is 32.3. The number of hydrogen-bond acceptors (Lipinski definition) is 7. The molecule has 0 saturated carbocycles. The largest absolute Gasteiger partial charge is 0.453 e. The molecule has 1 saturated heterocycles. The van der Waals surface area contributed by atoms with Gasteiger partial charge in [0.25, 0.3) is 0 Å². The molecule has 0 N–H and O–H groups in total. The molecular formula is C20H23NO5S3. The van der Waals surface area contributed by atoms with Crippen molar-refractivity contribution in [3.63, 3.8) is 0 Å². The Morgan fingerprint density at radius 1 is 1.10 bits per heavy atom. The molecule has 0 spiro atoms. The molecule has 1 aliphatic rings. The maximum Gasteiger partial charge on any atom is 0.350 e. The van der Waals surface area contributed by atoms with Crippen molar-refractivity contribution in [2.24, 2.45) is 0 Å². The van der Waals surface area contributed by atoms with Gasteiger partial charge in [-0.15, -0.1) is 11.3 Å². The minimum atomic E-state index is -3.75. The van der Waals surface area contributed by atoms with Crippen molar-refractivity contribution in [1.29, 1.82) is 0 Å². The Bertz CT molecular complexity index is 974. The third kappa shape index (κ3) is 5.09. The number of nitrogens with zero attached hydrogens (tertiary/aromatic N) is 1. The summed E-state index contributed by atoms with van der Waals surface area (Å²) in [7, 11) is -3.75. The Kier molecular flexibility index (Phi) is 7.15. The van der Waals surface area contributed by atoms with Crippen LogP contribution >= 0.6 is 23.1 Å². The van der Waals surface area contributed by atoms with Crippen LogP contribution in [0.25, 0.3) is 0 Å². The minimum Gasteiger partial charge on any atom is -0.453 e. The van der Waals surface area contributed by atoms with E-state index in [9.17, 15) is 18.0 Å². The van der Waals surface area contributed by atoms with E-state index in [-0.39, 0.29) is 15.6 Å². The summed E-state index contributed by atoms with van der Waals surface area (Å²) >= 11 is 2.71. The Hall–Kier alpha value is -1.68. The van der Waals surface area contributed by atoms with Crippen LogP contribution in [-0.4, -0.2) is 55.7 Å². The topological polar surface area (TPSA) is 80.8 Å². The smallest absolute Gasteiger partial charge is 0.350 e. The Morgan fingerprint density at radius 2 is 1.76 bits per heavy atom. The molecule has 0 amide bonds. The van der Waals surface area contributed by atoms with Gasteiger partial charge in [-0.3, -0.25) is 4.79 Å². The second kappa shape index (κ2) is 9.42. The third-order valence-electron chi connectivity index (χ3n) is 4.64. The van der Waals surface area contributed by atoms with Gasteiger partial charge < -0.3 is 4.74 Å². The zero-order valence-electron chi connectivity index (χ0n) is 16.3. The molecule has 1 fully saturated rings.